The number of ether oxygens (including phenoxy) is 1. The van der Waals surface area contributed by atoms with Crippen LogP contribution >= 0.6 is 11.6 Å². The predicted octanol–water partition coefficient (Wildman–Crippen LogP) is 4.07. The first kappa shape index (κ1) is 23.4. The van der Waals surface area contributed by atoms with Crippen LogP contribution in [0.2, 0.25) is 5.02 Å². The smallest absolute Gasteiger partial charge is 0.341 e. The summed E-state index contributed by atoms with van der Waals surface area (Å²) in [5, 5.41) is 3.12. The van der Waals surface area contributed by atoms with Gasteiger partial charge in [-0.1, -0.05) is 11.6 Å². The van der Waals surface area contributed by atoms with E-state index >= 15 is 0 Å². The van der Waals surface area contributed by atoms with Crippen LogP contribution in [0.1, 0.15) is 16.1 Å². The minimum atomic E-state index is -4.76. The number of alkyl halides is 2. The monoisotopic (exact) mass is 483 g/mol. The lowest BCUT2D eigenvalue weighted by atomic mass is 10.2. The summed E-state index contributed by atoms with van der Waals surface area (Å²) in [7, 11) is -4.76. The third-order valence-corrected chi connectivity index (χ3v) is 5.89. The van der Waals surface area contributed by atoms with Gasteiger partial charge in [-0.2, -0.15) is 8.78 Å². The van der Waals surface area contributed by atoms with E-state index in [1.165, 1.54) is 0 Å². The first-order valence-electron chi connectivity index (χ1n) is 9.07. The largest absolute Gasteiger partial charge is 0.459 e. The number of benzene rings is 2. The molecule has 0 aliphatic heterocycles. The van der Waals surface area contributed by atoms with Crippen LogP contribution in [0, 0.1) is 0 Å². The van der Waals surface area contributed by atoms with Gasteiger partial charge in [-0.05, 0) is 60.7 Å². The first-order chi connectivity index (χ1) is 15.2. The summed E-state index contributed by atoms with van der Waals surface area (Å²) in [6.07, 6.45) is 0. The predicted molar refractivity (Wildman–Crippen MR) is 111 cm³/mol. The van der Waals surface area contributed by atoms with Crippen LogP contribution in [0.15, 0.2) is 70.0 Å². The maximum atomic E-state index is 12.5. The molecule has 32 heavy (non-hydrogen) atoms. The maximum absolute atomic E-state index is 12.5. The Morgan fingerprint density at radius 3 is 2.28 bits per heavy atom. The van der Waals surface area contributed by atoms with Crippen LogP contribution in [0.25, 0.3) is 11.3 Å². The molecule has 0 saturated heterocycles. The number of esters is 1. The van der Waals surface area contributed by atoms with Crippen LogP contribution in [0.4, 0.5) is 8.78 Å². The second kappa shape index (κ2) is 9.92. The van der Waals surface area contributed by atoms with Gasteiger partial charge >= 0.3 is 11.7 Å². The summed E-state index contributed by atoms with van der Waals surface area (Å²) in [5.41, 5.74) is 0.720. The third kappa shape index (κ3) is 5.71. The van der Waals surface area contributed by atoms with Gasteiger partial charge in [0.05, 0.1) is 17.0 Å². The van der Waals surface area contributed by atoms with Crippen molar-refractivity contribution in [2.24, 2.45) is 0 Å². The molecule has 0 saturated carbocycles. The lowest BCUT2D eigenvalue weighted by Gasteiger charge is -2.07. The number of carbonyl (C=O) groups excluding carboxylic acids is 2. The Morgan fingerprint density at radius 2 is 1.66 bits per heavy atom. The Kier molecular flexibility index (Phi) is 7.26. The van der Waals surface area contributed by atoms with E-state index in [2.05, 4.69) is 5.32 Å². The Bertz CT molecular complexity index is 1210. The molecule has 0 radical (unpaired) electrons. The number of sulfone groups is 1. The van der Waals surface area contributed by atoms with Gasteiger partial charge in [0.25, 0.3) is 5.91 Å². The van der Waals surface area contributed by atoms with Crippen molar-refractivity contribution in [2.45, 2.75) is 17.2 Å². The first-order valence-corrected chi connectivity index (χ1v) is 11.0. The zero-order valence-electron chi connectivity index (χ0n) is 16.3. The molecule has 1 N–H and O–H groups in total. The number of hydrogen-bond acceptors (Lipinski definition) is 6. The standard InChI is InChI=1S/C21H16ClF2NO6S/c22-15-5-1-13(2-6-15)18-10-7-16(31-18)11-25-19(26)12-30-20(27)14-3-8-17(9-4-14)32(28,29)21(23)24/h1-10,21H,11-12H2,(H,25,26). The van der Waals surface area contributed by atoms with Gasteiger partial charge in [0, 0.05) is 10.6 Å². The molecule has 3 rings (SSSR count). The van der Waals surface area contributed by atoms with E-state index < -0.39 is 39.0 Å². The summed E-state index contributed by atoms with van der Waals surface area (Å²) in [4.78, 5) is 23.3. The molecule has 0 fully saturated rings. The number of rotatable bonds is 8. The van der Waals surface area contributed by atoms with E-state index in [1.807, 2.05) is 0 Å². The van der Waals surface area contributed by atoms with Crippen molar-refractivity contribution < 1.29 is 35.9 Å². The second-order valence-corrected chi connectivity index (χ2v) is 8.81. The number of halogens is 3. The van der Waals surface area contributed by atoms with Gasteiger partial charge in [-0.25, -0.2) is 13.2 Å². The van der Waals surface area contributed by atoms with E-state index in [0.29, 0.717) is 16.5 Å². The Labute approximate surface area is 186 Å². The van der Waals surface area contributed by atoms with Gasteiger partial charge in [0.15, 0.2) is 6.61 Å². The summed E-state index contributed by atoms with van der Waals surface area (Å²) in [5.74, 6) is -4.01. The quantitative estimate of drug-likeness (QED) is 0.484. The number of hydrogen-bond donors (Lipinski definition) is 1. The molecular formula is C21H16ClF2NO6S. The molecule has 7 nitrogen and oxygen atoms in total. The van der Waals surface area contributed by atoms with Gasteiger partial charge in [-0.15, -0.1) is 0 Å². The van der Waals surface area contributed by atoms with E-state index in [-0.39, 0.29) is 12.1 Å². The van der Waals surface area contributed by atoms with Gasteiger partial charge in [-0.3, -0.25) is 4.79 Å². The van der Waals surface area contributed by atoms with Crippen LogP contribution in [0.5, 0.6) is 0 Å². The number of nitrogens with one attached hydrogen (secondary N) is 1. The molecule has 0 aliphatic carbocycles. The lowest BCUT2D eigenvalue weighted by Crippen LogP contribution is -2.28. The van der Waals surface area contributed by atoms with Crippen LogP contribution < -0.4 is 5.32 Å². The molecule has 0 atom stereocenters. The summed E-state index contributed by atoms with van der Waals surface area (Å²) in [6, 6.07) is 14.2. The topological polar surface area (TPSA) is 103 Å². The van der Waals surface area contributed by atoms with Crippen LogP contribution in [0.3, 0.4) is 0 Å². The van der Waals surface area contributed by atoms with Crippen LogP contribution in [-0.4, -0.2) is 32.7 Å². The van der Waals surface area contributed by atoms with E-state index in [4.69, 9.17) is 20.8 Å². The number of amides is 1. The molecule has 1 amide bonds. The summed E-state index contributed by atoms with van der Waals surface area (Å²) < 4.78 is 58.3. The van der Waals surface area contributed by atoms with E-state index in [9.17, 15) is 26.8 Å². The highest BCUT2D eigenvalue weighted by atomic mass is 35.5. The van der Waals surface area contributed by atoms with Crippen molar-refractivity contribution >= 4 is 33.3 Å². The molecule has 2 aromatic carbocycles. The highest BCUT2D eigenvalue weighted by Gasteiger charge is 2.26. The molecule has 11 heteroatoms. The number of furan rings is 1. The molecule has 1 heterocycles. The zero-order valence-corrected chi connectivity index (χ0v) is 17.8. The van der Waals surface area contributed by atoms with Crippen molar-refractivity contribution in [3.63, 3.8) is 0 Å². The molecule has 0 spiro atoms. The number of carbonyl (C=O) groups is 2. The van der Waals surface area contributed by atoms with Crippen molar-refractivity contribution in [3.8, 4) is 11.3 Å². The van der Waals surface area contributed by atoms with Crippen LogP contribution in [-0.2, 0) is 25.9 Å². The van der Waals surface area contributed by atoms with Gasteiger partial charge in [0.1, 0.15) is 11.5 Å². The third-order valence-electron chi connectivity index (χ3n) is 4.24. The summed E-state index contributed by atoms with van der Waals surface area (Å²) >= 11 is 5.85. The SMILES string of the molecule is O=C(COC(=O)c1ccc(S(=O)(=O)C(F)F)cc1)NCc1ccc(-c2ccc(Cl)cc2)o1. The fraction of sp³-hybridized carbons (Fsp3) is 0.143. The molecule has 168 valence electrons. The highest BCUT2D eigenvalue weighted by molar-refractivity contribution is 7.91. The van der Waals surface area contributed by atoms with Crippen molar-refractivity contribution in [3.05, 3.63) is 77.0 Å². The minimum Gasteiger partial charge on any atom is -0.459 e. The van der Waals surface area contributed by atoms with Crippen molar-refractivity contribution in [2.75, 3.05) is 6.61 Å². The summed E-state index contributed by atoms with van der Waals surface area (Å²) in [6.45, 7) is -0.537. The Morgan fingerprint density at radius 1 is 1.00 bits per heavy atom. The average molecular weight is 484 g/mol. The molecule has 0 unspecified atom stereocenters. The normalized spacial score (nSPS) is 11.4. The van der Waals surface area contributed by atoms with E-state index in [0.717, 1.165) is 29.8 Å². The fourth-order valence-electron chi connectivity index (χ4n) is 2.58. The minimum absolute atomic E-state index is 0.0597. The molecule has 0 aliphatic rings. The van der Waals surface area contributed by atoms with Gasteiger partial charge in [0.2, 0.25) is 9.84 Å². The van der Waals surface area contributed by atoms with E-state index in [1.54, 1.807) is 36.4 Å². The highest BCUT2D eigenvalue weighted by Crippen LogP contribution is 2.24. The Balaban J connectivity index is 1.49. The Hall–Kier alpha value is -3.24. The fourth-order valence-corrected chi connectivity index (χ4v) is 3.42. The lowest BCUT2D eigenvalue weighted by molar-refractivity contribution is -0.124. The second-order valence-electron chi connectivity index (χ2n) is 6.46. The average Bonchev–Trinajstić information content (AvgIpc) is 3.25. The molecule has 1 aromatic heterocycles. The zero-order chi connectivity index (χ0) is 23.3. The van der Waals surface area contributed by atoms with Crippen molar-refractivity contribution in [1.82, 2.24) is 5.32 Å². The maximum Gasteiger partial charge on any atom is 0.341 e. The van der Waals surface area contributed by atoms with Gasteiger partial charge < -0.3 is 14.5 Å². The molecule has 0 bridgehead atoms. The molecular weight excluding hydrogens is 468 g/mol. The molecule has 3 aromatic rings. The van der Waals surface area contributed by atoms with Crippen molar-refractivity contribution in [1.29, 1.82) is 0 Å².